The van der Waals surface area contributed by atoms with Gasteiger partial charge in [0.05, 0.1) is 10.6 Å². The second-order valence-electron chi connectivity index (χ2n) is 8.92. The number of aliphatic carboxylic acids is 1. The second-order valence-corrected chi connectivity index (χ2v) is 9.92. The standard InChI is InChI=1S/C27H32N2O4S/c1-6-15-27(5,26(31)32)33-22-13-7-19(8-14-22)16-28-24(30)25-29-18(4)23(34-25)21-11-9-20(10-12-21)17(2)3/h7-14,17H,6,15-16H2,1-5H3,(H,28,30)(H,31,32). The van der Waals surface area contributed by atoms with Crippen molar-refractivity contribution in [3.05, 3.63) is 70.4 Å². The lowest BCUT2D eigenvalue weighted by molar-refractivity contribution is -0.154. The number of carboxylic acids is 1. The van der Waals surface area contributed by atoms with Gasteiger partial charge in [0.2, 0.25) is 5.60 Å². The number of rotatable bonds is 10. The fourth-order valence-electron chi connectivity index (χ4n) is 3.65. The summed E-state index contributed by atoms with van der Waals surface area (Å²) in [6, 6.07) is 15.5. The van der Waals surface area contributed by atoms with Gasteiger partial charge >= 0.3 is 5.97 Å². The van der Waals surface area contributed by atoms with Crippen molar-refractivity contribution in [2.75, 3.05) is 0 Å². The molecule has 0 bridgehead atoms. The first kappa shape index (κ1) is 25.4. The van der Waals surface area contributed by atoms with E-state index in [2.05, 4.69) is 48.4 Å². The Morgan fingerprint density at radius 3 is 2.32 bits per heavy atom. The minimum absolute atomic E-state index is 0.222. The summed E-state index contributed by atoms with van der Waals surface area (Å²) >= 11 is 1.39. The molecular formula is C27H32N2O4S. The van der Waals surface area contributed by atoms with Crippen molar-refractivity contribution in [2.45, 2.75) is 65.5 Å². The van der Waals surface area contributed by atoms with Crippen LogP contribution >= 0.6 is 11.3 Å². The van der Waals surface area contributed by atoms with E-state index in [9.17, 15) is 14.7 Å². The zero-order valence-electron chi connectivity index (χ0n) is 20.3. The third kappa shape index (κ3) is 6.03. The smallest absolute Gasteiger partial charge is 0.347 e. The molecule has 0 radical (unpaired) electrons. The van der Waals surface area contributed by atoms with Crippen LogP contribution in [0.15, 0.2) is 48.5 Å². The summed E-state index contributed by atoms with van der Waals surface area (Å²) in [4.78, 5) is 29.8. The predicted molar refractivity (Wildman–Crippen MR) is 136 cm³/mol. The first-order valence-electron chi connectivity index (χ1n) is 11.5. The van der Waals surface area contributed by atoms with Gasteiger partial charge in [-0.1, -0.05) is 63.6 Å². The summed E-state index contributed by atoms with van der Waals surface area (Å²) in [5, 5.41) is 12.8. The normalized spacial score (nSPS) is 12.9. The zero-order valence-corrected chi connectivity index (χ0v) is 21.2. The molecule has 3 rings (SSSR count). The van der Waals surface area contributed by atoms with E-state index in [0.29, 0.717) is 36.1 Å². The molecule has 0 fully saturated rings. The van der Waals surface area contributed by atoms with Gasteiger partial charge in [0.1, 0.15) is 5.75 Å². The van der Waals surface area contributed by atoms with Crippen molar-refractivity contribution in [1.82, 2.24) is 10.3 Å². The first-order chi connectivity index (χ1) is 16.1. The summed E-state index contributed by atoms with van der Waals surface area (Å²) in [7, 11) is 0. The highest BCUT2D eigenvalue weighted by Gasteiger charge is 2.34. The largest absolute Gasteiger partial charge is 0.478 e. The van der Waals surface area contributed by atoms with Crippen LogP contribution in [0.4, 0.5) is 0 Å². The minimum atomic E-state index is -1.26. The van der Waals surface area contributed by atoms with E-state index in [1.165, 1.54) is 16.9 Å². The summed E-state index contributed by atoms with van der Waals surface area (Å²) < 4.78 is 5.74. The average molecular weight is 481 g/mol. The molecular weight excluding hydrogens is 448 g/mol. The number of carboxylic acid groups (broad SMARTS) is 1. The average Bonchev–Trinajstić information content (AvgIpc) is 3.20. The quantitative estimate of drug-likeness (QED) is 0.361. The highest BCUT2D eigenvalue weighted by Crippen LogP contribution is 2.31. The van der Waals surface area contributed by atoms with Gasteiger partial charge in [0, 0.05) is 6.54 Å². The Kier molecular flexibility index (Phi) is 8.10. The molecule has 0 spiro atoms. The molecule has 2 aromatic carbocycles. The van der Waals surface area contributed by atoms with Gasteiger partial charge in [0.15, 0.2) is 5.01 Å². The van der Waals surface area contributed by atoms with Crippen LogP contribution in [-0.2, 0) is 11.3 Å². The first-order valence-corrected chi connectivity index (χ1v) is 12.3. The Morgan fingerprint density at radius 2 is 1.76 bits per heavy atom. The molecule has 1 unspecified atom stereocenters. The van der Waals surface area contributed by atoms with E-state index in [1.807, 2.05) is 26.0 Å². The number of aromatic nitrogens is 1. The number of nitrogens with zero attached hydrogens (tertiary/aromatic N) is 1. The summed E-state index contributed by atoms with van der Waals surface area (Å²) in [6.07, 6.45) is 1.12. The van der Waals surface area contributed by atoms with Crippen molar-refractivity contribution >= 4 is 23.2 Å². The van der Waals surface area contributed by atoms with Gasteiger partial charge < -0.3 is 15.2 Å². The monoisotopic (exact) mass is 480 g/mol. The summed E-state index contributed by atoms with van der Waals surface area (Å²) in [6.45, 7) is 10.1. The number of benzene rings is 2. The van der Waals surface area contributed by atoms with E-state index in [4.69, 9.17) is 4.74 Å². The molecule has 0 aliphatic heterocycles. The number of hydrogen-bond donors (Lipinski definition) is 2. The van der Waals surface area contributed by atoms with Crippen LogP contribution in [0.25, 0.3) is 10.4 Å². The lowest BCUT2D eigenvalue weighted by Gasteiger charge is -2.26. The van der Waals surface area contributed by atoms with Gasteiger partial charge in [0.25, 0.3) is 5.91 Å². The van der Waals surface area contributed by atoms with Crippen molar-refractivity contribution in [2.24, 2.45) is 0 Å². The Labute approximate surface area is 205 Å². The van der Waals surface area contributed by atoms with Crippen molar-refractivity contribution < 1.29 is 19.4 Å². The number of thiazole rings is 1. The van der Waals surface area contributed by atoms with Gasteiger partial charge in [-0.25, -0.2) is 9.78 Å². The molecule has 0 aliphatic carbocycles. The fourth-order valence-corrected chi connectivity index (χ4v) is 4.64. The molecule has 0 saturated heterocycles. The third-order valence-electron chi connectivity index (χ3n) is 5.73. The highest BCUT2D eigenvalue weighted by atomic mass is 32.1. The van der Waals surface area contributed by atoms with Crippen LogP contribution in [0.2, 0.25) is 0 Å². The van der Waals surface area contributed by atoms with Crippen LogP contribution in [0.5, 0.6) is 5.75 Å². The van der Waals surface area contributed by atoms with Crippen LogP contribution in [0.1, 0.15) is 73.1 Å². The molecule has 180 valence electrons. The van der Waals surface area contributed by atoms with Crippen LogP contribution in [0, 0.1) is 6.92 Å². The van der Waals surface area contributed by atoms with Gasteiger partial charge in [-0.05, 0) is 55.0 Å². The van der Waals surface area contributed by atoms with Gasteiger partial charge in [-0.15, -0.1) is 11.3 Å². The number of hydrogen-bond acceptors (Lipinski definition) is 5. The molecule has 1 amide bonds. The van der Waals surface area contributed by atoms with Crippen molar-refractivity contribution in [3.8, 4) is 16.2 Å². The zero-order chi connectivity index (χ0) is 24.9. The predicted octanol–water partition coefficient (Wildman–Crippen LogP) is 6.19. The van der Waals surface area contributed by atoms with Crippen molar-refractivity contribution in [1.29, 1.82) is 0 Å². The van der Waals surface area contributed by atoms with E-state index < -0.39 is 11.6 Å². The molecule has 1 heterocycles. The highest BCUT2D eigenvalue weighted by molar-refractivity contribution is 7.17. The lowest BCUT2D eigenvalue weighted by Crippen LogP contribution is -2.41. The SMILES string of the molecule is CCCC(C)(Oc1ccc(CNC(=O)c2nc(C)c(-c3ccc(C(C)C)cc3)s2)cc1)C(=O)O. The number of amides is 1. The maximum atomic E-state index is 12.7. The Bertz CT molecular complexity index is 1140. The summed E-state index contributed by atoms with van der Waals surface area (Å²) in [5.41, 5.74) is 2.79. The molecule has 34 heavy (non-hydrogen) atoms. The molecule has 3 aromatic rings. The maximum Gasteiger partial charge on any atom is 0.347 e. The lowest BCUT2D eigenvalue weighted by atomic mass is 10.0. The van der Waals surface area contributed by atoms with E-state index in [0.717, 1.165) is 21.7 Å². The summed E-state index contributed by atoms with van der Waals surface area (Å²) in [5.74, 6) is -0.256. The molecule has 6 nitrogen and oxygen atoms in total. The molecule has 0 saturated carbocycles. The molecule has 0 aliphatic rings. The molecule has 2 N–H and O–H groups in total. The van der Waals surface area contributed by atoms with E-state index >= 15 is 0 Å². The number of carbonyl (C=O) groups is 2. The second kappa shape index (κ2) is 10.8. The number of carbonyl (C=O) groups excluding carboxylic acids is 1. The van der Waals surface area contributed by atoms with Crippen LogP contribution < -0.4 is 10.1 Å². The van der Waals surface area contributed by atoms with E-state index in [1.54, 1.807) is 19.1 Å². The van der Waals surface area contributed by atoms with Crippen LogP contribution in [0.3, 0.4) is 0 Å². The topological polar surface area (TPSA) is 88.5 Å². The van der Waals surface area contributed by atoms with Gasteiger partial charge in [-0.3, -0.25) is 4.79 Å². The van der Waals surface area contributed by atoms with Crippen molar-refractivity contribution in [3.63, 3.8) is 0 Å². The number of aryl methyl sites for hydroxylation is 1. The molecule has 1 aromatic heterocycles. The third-order valence-corrected chi connectivity index (χ3v) is 6.93. The fraction of sp³-hybridized carbons (Fsp3) is 0.370. The molecule has 1 atom stereocenters. The number of ether oxygens (including phenoxy) is 1. The Morgan fingerprint density at radius 1 is 1.12 bits per heavy atom. The van der Waals surface area contributed by atoms with Gasteiger partial charge in [-0.2, -0.15) is 0 Å². The Balaban J connectivity index is 1.63. The Hall–Kier alpha value is -3.19. The van der Waals surface area contributed by atoms with E-state index in [-0.39, 0.29) is 5.91 Å². The minimum Gasteiger partial charge on any atom is -0.478 e. The molecule has 7 heteroatoms. The van der Waals surface area contributed by atoms with Crippen LogP contribution in [-0.4, -0.2) is 27.6 Å². The number of nitrogens with one attached hydrogen (secondary N) is 1. The maximum absolute atomic E-state index is 12.7.